The summed E-state index contributed by atoms with van der Waals surface area (Å²) in [6.45, 7) is 12.3. The van der Waals surface area contributed by atoms with Crippen molar-refractivity contribution in [3.05, 3.63) is 35.5 Å². The monoisotopic (exact) mass is 432 g/mol. The van der Waals surface area contributed by atoms with Gasteiger partial charge >= 0.3 is 0 Å². The van der Waals surface area contributed by atoms with E-state index in [0.29, 0.717) is 37.5 Å². The van der Waals surface area contributed by atoms with E-state index >= 15 is 0 Å². The highest BCUT2D eigenvalue weighted by molar-refractivity contribution is 5.38. The van der Waals surface area contributed by atoms with E-state index in [0.717, 1.165) is 36.8 Å². The summed E-state index contributed by atoms with van der Waals surface area (Å²) < 4.78 is 0. The molecule has 4 heteroatoms. The number of aliphatic hydroxyl groups is 4. The fourth-order valence-corrected chi connectivity index (χ4v) is 6.64. The molecule has 0 aromatic carbocycles. The van der Waals surface area contributed by atoms with Crippen LogP contribution >= 0.6 is 0 Å². The largest absolute Gasteiger partial charge is 0.393 e. The van der Waals surface area contributed by atoms with Crippen LogP contribution in [0, 0.1) is 23.2 Å². The molecular weight excluding hydrogens is 388 g/mol. The molecule has 0 heterocycles. The Morgan fingerprint density at radius 2 is 1.94 bits per heavy atom. The maximum absolute atomic E-state index is 10.9. The molecule has 7 atom stereocenters. The standard InChI is InChI=1S/C27H44O4/c1-17-20(15-21(28)16-25(17)30)9-8-19-7-6-13-27(5)22(10-11-23(19)27)18(2)24(29)12-14-26(3,4)31/h8-9,18,21-25,28-31H,1,6-7,10-16H2,2-5H3/t18-,21?,22+,23-,24?,25?,27+/m0/s1. The van der Waals surface area contributed by atoms with Crippen LogP contribution < -0.4 is 0 Å². The minimum atomic E-state index is -0.735. The zero-order chi connectivity index (χ0) is 23.0. The lowest BCUT2D eigenvalue weighted by Gasteiger charge is -2.45. The molecule has 0 aromatic heterocycles. The van der Waals surface area contributed by atoms with E-state index in [9.17, 15) is 20.4 Å². The van der Waals surface area contributed by atoms with Crippen molar-refractivity contribution in [3.63, 3.8) is 0 Å². The number of aliphatic hydroxyl groups excluding tert-OH is 3. The maximum atomic E-state index is 10.9. The fourth-order valence-electron chi connectivity index (χ4n) is 6.64. The van der Waals surface area contributed by atoms with E-state index < -0.39 is 17.8 Å². The van der Waals surface area contributed by atoms with Crippen LogP contribution in [0.1, 0.15) is 85.5 Å². The second-order valence-corrected chi connectivity index (χ2v) is 11.4. The molecule has 3 unspecified atom stereocenters. The van der Waals surface area contributed by atoms with Gasteiger partial charge in [-0.1, -0.05) is 38.2 Å². The Morgan fingerprint density at radius 3 is 2.61 bits per heavy atom. The number of rotatable bonds is 6. The van der Waals surface area contributed by atoms with Gasteiger partial charge in [-0.25, -0.2) is 0 Å². The predicted molar refractivity (Wildman–Crippen MR) is 125 cm³/mol. The molecule has 0 bridgehead atoms. The van der Waals surface area contributed by atoms with Gasteiger partial charge in [-0.15, -0.1) is 0 Å². The van der Waals surface area contributed by atoms with Gasteiger partial charge in [0.25, 0.3) is 0 Å². The molecule has 176 valence electrons. The van der Waals surface area contributed by atoms with E-state index in [-0.39, 0.29) is 17.4 Å². The molecule has 0 radical (unpaired) electrons. The molecule has 31 heavy (non-hydrogen) atoms. The van der Waals surface area contributed by atoms with Crippen LogP contribution in [0.4, 0.5) is 0 Å². The fraction of sp³-hybridized carbons (Fsp3) is 0.778. The Hall–Kier alpha value is -0.940. The Kier molecular flexibility index (Phi) is 7.57. The van der Waals surface area contributed by atoms with Gasteiger partial charge in [0.15, 0.2) is 0 Å². The van der Waals surface area contributed by atoms with Gasteiger partial charge in [-0.3, -0.25) is 0 Å². The molecule has 0 aliphatic heterocycles. The van der Waals surface area contributed by atoms with Gasteiger partial charge in [0.2, 0.25) is 0 Å². The first-order valence-corrected chi connectivity index (χ1v) is 12.3. The summed E-state index contributed by atoms with van der Waals surface area (Å²) >= 11 is 0. The highest BCUT2D eigenvalue weighted by Crippen LogP contribution is 2.60. The molecule has 4 nitrogen and oxygen atoms in total. The molecule has 0 amide bonds. The normalized spacial score (nSPS) is 39.0. The third-order valence-corrected chi connectivity index (χ3v) is 8.60. The van der Waals surface area contributed by atoms with Crippen LogP contribution in [0.15, 0.2) is 35.5 Å². The van der Waals surface area contributed by atoms with Gasteiger partial charge < -0.3 is 20.4 Å². The molecule has 3 aliphatic carbocycles. The first kappa shape index (κ1) is 24.7. The van der Waals surface area contributed by atoms with Crippen LogP contribution in [-0.2, 0) is 0 Å². The minimum Gasteiger partial charge on any atom is -0.393 e. The average molecular weight is 433 g/mol. The molecule has 3 saturated carbocycles. The topological polar surface area (TPSA) is 80.9 Å². The number of fused-ring (bicyclic) bond motifs is 1. The summed E-state index contributed by atoms with van der Waals surface area (Å²) in [5.74, 6) is 1.23. The SMILES string of the molecule is C=C1C(=CC=C2CCC[C@]3(C)[C@@H]([C@H](C)C(O)CCC(C)(C)O)CC[C@@H]23)CC(O)CC1O. The van der Waals surface area contributed by atoms with Gasteiger partial charge in [-0.2, -0.15) is 0 Å². The Bertz CT molecular complexity index is 715. The summed E-state index contributed by atoms with van der Waals surface area (Å²) in [5, 5.41) is 41.1. The zero-order valence-corrected chi connectivity index (χ0v) is 20.0. The van der Waals surface area contributed by atoms with Crippen molar-refractivity contribution < 1.29 is 20.4 Å². The van der Waals surface area contributed by atoms with Crippen LogP contribution in [0.3, 0.4) is 0 Å². The highest BCUT2D eigenvalue weighted by Gasteiger charge is 2.51. The Morgan fingerprint density at radius 1 is 1.23 bits per heavy atom. The van der Waals surface area contributed by atoms with Crippen LogP contribution in [0.2, 0.25) is 0 Å². The lowest BCUT2D eigenvalue weighted by Crippen LogP contribution is -2.39. The van der Waals surface area contributed by atoms with Gasteiger partial charge in [0, 0.05) is 6.42 Å². The van der Waals surface area contributed by atoms with E-state index in [1.165, 1.54) is 12.0 Å². The molecule has 3 aliphatic rings. The quantitative estimate of drug-likeness (QED) is 0.491. The third-order valence-electron chi connectivity index (χ3n) is 8.60. The summed E-state index contributed by atoms with van der Waals surface area (Å²) in [4.78, 5) is 0. The molecule has 3 rings (SSSR count). The number of hydrogen-bond acceptors (Lipinski definition) is 4. The van der Waals surface area contributed by atoms with Crippen molar-refractivity contribution in [2.45, 2.75) is 109 Å². The summed E-state index contributed by atoms with van der Waals surface area (Å²) in [6, 6.07) is 0. The van der Waals surface area contributed by atoms with Gasteiger partial charge in [0.05, 0.1) is 23.9 Å². The molecule has 0 aromatic rings. The summed E-state index contributed by atoms with van der Waals surface area (Å²) in [7, 11) is 0. The number of allylic oxidation sites excluding steroid dienone is 3. The lowest BCUT2D eigenvalue weighted by molar-refractivity contribution is -0.00259. The summed E-state index contributed by atoms with van der Waals surface area (Å²) in [5.41, 5.74) is 2.65. The Balaban J connectivity index is 1.74. The second-order valence-electron chi connectivity index (χ2n) is 11.4. The maximum Gasteiger partial charge on any atom is 0.0811 e. The van der Waals surface area contributed by atoms with Crippen molar-refractivity contribution in [2.75, 3.05) is 0 Å². The molecule has 0 saturated heterocycles. The van der Waals surface area contributed by atoms with Crippen molar-refractivity contribution in [1.82, 2.24) is 0 Å². The zero-order valence-electron chi connectivity index (χ0n) is 20.0. The molecule has 0 spiro atoms. The smallest absolute Gasteiger partial charge is 0.0811 e. The van der Waals surface area contributed by atoms with E-state index in [1.807, 2.05) is 13.8 Å². The van der Waals surface area contributed by atoms with Crippen molar-refractivity contribution in [2.24, 2.45) is 23.2 Å². The lowest BCUT2D eigenvalue weighted by atomic mass is 9.60. The van der Waals surface area contributed by atoms with Crippen LogP contribution in [-0.4, -0.2) is 44.3 Å². The predicted octanol–water partition coefficient (Wildman–Crippen LogP) is 4.68. The molecule has 4 N–H and O–H groups in total. The first-order chi connectivity index (χ1) is 14.4. The third kappa shape index (κ3) is 5.52. The summed E-state index contributed by atoms with van der Waals surface area (Å²) in [6.07, 6.45) is 10.8. The second kappa shape index (κ2) is 9.51. The van der Waals surface area contributed by atoms with E-state index in [1.54, 1.807) is 0 Å². The van der Waals surface area contributed by atoms with Gasteiger partial charge in [-0.05, 0) is 99.5 Å². The minimum absolute atomic E-state index is 0.195. The number of hydrogen-bond donors (Lipinski definition) is 4. The Labute approximate surface area is 188 Å². The van der Waals surface area contributed by atoms with Crippen LogP contribution in [0.5, 0.6) is 0 Å². The average Bonchev–Trinajstić information content (AvgIpc) is 3.04. The van der Waals surface area contributed by atoms with Crippen molar-refractivity contribution in [3.8, 4) is 0 Å². The van der Waals surface area contributed by atoms with E-state index in [2.05, 4.69) is 32.6 Å². The van der Waals surface area contributed by atoms with Crippen LogP contribution in [0.25, 0.3) is 0 Å². The molecular formula is C27H44O4. The first-order valence-electron chi connectivity index (χ1n) is 12.3. The molecule has 3 fully saturated rings. The van der Waals surface area contributed by atoms with E-state index in [4.69, 9.17) is 0 Å². The van der Waals surface area contributed by atoms with Crippen molar-refractivity contribution >= 4 is 0 Å². The van der Waals surface area contributed by atoms with Crippen molar-refractivity contribution in [1.29, 1.82) is 0 Å². The van der Waals surface area contributed by atoms with Gasteiger partial charge in [0.1, 0.15) is 0 Å². The highest BCUT2D eigenvalue weighted by atomic mass is 16.3.